The molecule has 1 atom stereocenters. The fourth-order valence-electron chi connectivity index (χ4n) is 0.703. The first kappa shape index (κ1) is 8.88. The van der Waals surface area contributed by atoms with Crippen molar-refractivity contribution < 1.29 is 15.3 Å². The zero-order valence-electron chi connectivity index (χ0n) is 6.09. The van der Waals surface area contributed by atoms with Gasteiger partial charge in [0.05, 0.1) is 5.60 Å². The summed E-state index contributed by atoms with van der Waals surface area (Å²) >= 11 is 0. The van der Waals surface area contributed by atoms with Gasteiger partial charge >= 0.3 is 0 Å². The van der Waals surface area contributed by atoms with Crippen LogP contribution < -0.4 is 0 Å². The molecule has 9 heavy (non-hydrogen) atoms. The molecule has 0 spiro atoms. The van der Waals surface area contributed by atoms with Gasteiger partial charge in [-0.15, -0.1) is 0 Å². The van der Waals surface area contributed by atoms with Gasteiger partial charge in [0.2, 0.25) is 0 Å². The molecule has 0 amide bonds. The third kappa shape index (κ3) is 2.79. The molecule has 0 aliphatic carbocycles. The topological polar surface area (TPSA) is 49.7 Å². The van der Waals surface area contributed by atoms with Gasteiger partial charge in [-0.1, -0.05) is 6.92 Å². The summed E-state index contributed by atoms with van der Waals surface area (Å²) in [6.45, 7) is 5.02. The van der Waals surface area contributed by atoms with E-state index in [4.69, 9.17) is 5.26 Å². The number of aliphatic hydroxyl groups is 1. The molecule has 0 radical (unpaired) electrons. The third-order valence-electron chi connectivity index (χ3n) is 1.29. The molecule has 0 rings (SSSR count). The smallest absolute Gasteiger partial charge is 0.120 e. The molecule has 0 aromatic heterocycles. The molecule has 0 heterocycles. The maximum Gasteiger partial charge on any atom is 0.120 e. The second-order valence-corrected chi connectivity index (χ2v) is 2.66. The molecular weight excluding hydrogens is 120 g/mol. The fraction of sp³-hybridized carbons (Fsp3) is 1.00. The van der Waals surface area contributed by atoms with Crippen LogP contribution in [-0.2, 0) is 4.89 Å². The van der Waals surface area contributed by atoms with Crippen LogP contribution in [0.25, 0.3) is 0 Å². The Morgan fingerprint density at radius 2 is 2.00 bits per heavy atom. The number of rotatable bonds is 3. The molecule has 2 N–H and O–H groups in total. The number of hydrogen-bond acceptors (Lipinski definition) is 3. The summed E-state index contributed by atoms with van der Waals surface area (Å²) in [5, 5.41) is 17.4. The first-order valence-corrected chi connectivity index (χ1v) is 3.05. The van der Waals surface area contributed by atoms with Gasteiger partial charge in [-0.3, -0.25) is 5.26 Å². The second-order valence-electron chi connectivity index (χ2n) is 2.66. The van der Waals surface area contributed by atoms with Gasteiger partial charge in [-0.2, -0.15) is 0 Å². The lowest BCUT2D eigenvalue weighted by Gasteiger charge is -2.24. The summed E-state index contributed by atoms with van der Waals surface area (Å²) in [4.78, 5) is 4.01. The van der Waals surface area contributed by atoms with Gasteiger partial charge in [0.25, 0.3) is 0 Å². The molecule has 56 valence electrons. The van der Waals surface area contributed by atoms with Crippen LogP contribution in [0.2, 0.25) is 0 Å². The van der Waals surface area contributed by atoms with Gasteiger partial charge in [-0.05, 0) is 20.3 Å². The van der Waals surface area contributed by atoms with Crippen molar-refractivity contribution in [2.45, 2.75) is 38.9 Å². The van der Waals surface area contributed by atoms with E-state index in [1.165, 1.54) is 0 Å². The predicted octanol–water partition coefficient (Wildman–Crippen LogP) is 1.03. The van der Waals surface area contributed by atoms with Gasteiger partial charge in [-0.25, -0.2) is 4.89 Å². The molecule has 0 aromatic rings. The van der Waals surface area contributed by atoms with Crippen LogP contribution in [0.3, 0.4) is 0 Å². The molecule has 1 unspecified atom stereocenters. The highest BCUT2D eigenvalue weighted by atomic mass is 17.1. The standard InChI is InChI=1S/C6H14O3/c1-4-5(9-8)6(2,3)7/h5,7-8H,4H2,1-3H3. The molecule has 0 aliphatic heterocycles. The largest absolute Gasteiger partial charge is 0.388 e. The number of hydrogen-bond donors (Lipinski definition) is 2. The van der Waals surface area contributed by atoms with Crippen molar-refractivity contribution in [1.82, 2.24) is 0 Å². The Labute approximate surface area is 55.2 Å². The van der Waals surface area contributed by atoms with Crippen molar-refractivity contribution in [3.63, 3.8) is 0 Å². The van der Waals surface area contributed by atoms with Crippen molar-refractivity contribution in [3.05, 3.63) is 0 Å². The summed E-state index contributed by atoms with van der Waals surface area (Å²) in [5.74, 6) is 0. The molecule has 3 nitrogen and oxygen atoms in total. The highest BCUT2D eigenvalue weighted by Gasteiger charge is 2.25. The van der Waals surface area contributed by atoms with Crippen LogP contribution in [0.5, 0.6) is 0 Å². The Kier molecular flexibility index (Phi) is 3.11. The van der Waals surface area contributed by atoms with E-state index in [2.05, 4.69) is 4.89 Å². The molecule has 3 heteroatoms. The van der Waals surface area contributed by atoms with Crippen LogP contribution in [-0.4, -0.2) is 22.1 Å². The quantitative estimate of drug-likeness (QED) is 0.447. The maximum absolute atomic E-state index is 9.19. The fourth-order valence-corrected chi connectivity index (χ4v) is 0.703. The maximum atomic E-state index is 9.19. The average molecular weight is 134 g/mol. The van der Waals surface area contributed by atoms with E-state index < -0.39 is 11.7 Å². The Balaban J connectivity index is 3.79. The monoisotopic (exact) mass is 134 g/mol. The minimum Gasteiger partial charge on any atom is -0.388 e. The van der Waals surface area contributed by atoms with Crippen molar-refractivity contribution in [3.8, 4) is 0 Å². The SMILES string of the molecule is CCC(OO)C(C)(C)O. The lowest BCUT2D eigenvalue weighted by Crippen LogP contribution is -2.36. The molecule has 0 aromatic carbocycles. The molecule has 0 bridgehead atoms. The van der Waals surface area contributed by atoms with Crippen molar-refractivity contribution in [1.29, 1.82) is 0 Å². The highest BCUT2D eigenvalue weighted by Crippen LogP contribution is 2.13. The van der Waals surface area contributed by atoms with Crippen LogP contribution in [0, 0.1) is 0 Å². The minimum atomic E-state index is -0.955. The Hall–Kier alpha value is -0.120. The summed E-state index contributed by atoms with van der Waals surface area (Å²) in [6, 6.07) is 0. The van der Waals surface area contributed by atoms with Crippen LogP contribution in [0.4, 0.5) is 0 Å². The van der Waals surface area contributed by atoms with E-state index in [1.54, 1.807) is 13.8 Å². The van der Waals surface area contributed by atoms with Gasteiger partial charge in [0.15, 0.2) is 0 Å². The van der Waals surface area contributed by atoms with E-state index in [-0.39, 0.29) is 0 Å². The van der Waals surface area contributed by atoms with Crippen molar-refractivity contribution in [2.75, 3.05) is 0 Å². The van der Waals surface area contributed by atoms with Gasteiger partial charge in [0, 0.05) is 0 Å². The lowest BCUT2D eigenvalue weighted by atomic mass is 10.0. The van der Waals surface area contributed by atoms with Gasteiger partial charge in [0.1, 0.15) is 6.10 Å². The molecule has 0 saturated carbocycles. The van der Waals surface area contributed by atoms with E-state index in [0.29, 0.717) is 6.42 Å². The highest BCUT2D eigenvalue weighted by molar-refractivity contribution is 4.75. The minimum absolute atomic E-state index is 0.488. The van der Waals surface area contributed by atoms with Crippen LogP contribution in [0.1, 0.15) is 27.2 Å². The summed E-state index contributed by atoms with van der Waals surface area (Å²) in [5.41, 5.74) is -0.955. The zero-order chi connectivity index (χ0) is 7.49. The van der Waals surface area contributed by atoms with Crippen molar-refractivity contribution >= 4 is 0 Å². The summed E-state index contributed by atoms with van der Waals surface area (Å²) in [6.07, 6.45) is 0.109. The van der Waals surface area contributed by atoms with E-state index in [1.807, 2.05) is 6.92 Å². The van der Waals surface area contributed by atoms with Crippen molar-refractivity contribution in [2.24, 2.45) is 0 Å². The molecule has 0 fully saturated rings. The normalized spacial score (nSPS) is 15.7. The average Bonchev–Trinajstić information content (AvgIpc) is 1.65. The zero-order valence-corrected chi connectivity index (χ0v) is 6.09. The molecule has 0 saturated heterocycles. The van der Waals surface area contributed by atoms with E-state index >= 15 is 0 Å². The Morgan fingerprint density at radius 1 is 1.56 bits per heavy atom. The summed E-state index contributed by atoms with van der Waals surface area (Å²) < 4.78 is 0. The first-order chi connectivity index (χ1) is 4.02. The Bertz CT molecular complexity index is 70.9. The lowest BCUT2D eigenvalue weighted by molar-refractivity contribution is -0.310. The van der Waals surface area contributed by atoms with E-state index in [9.17, 15) is 5.11 Å². The first-order valence-electron chi connectivity index (χ1n) is 3.05. The summed E-state index contributed by atoms with van der Waals surface area (Å²) in [7, 11) is 0. The Morgan fingerprint density at radius 3 is 2.00 bits per heavy atom. The predicted molar refractivity (Wildman–Crippen MR) is 34.1 cm³/mol. The van der Waals surface area contributed by atoms with E-state index in [0.717, 1.165) is 0 Å². The van der Waals surface area contributed by atoms with Crippen LogP contribution >= 0.6 is 0 Å². The van der Waals surface area contributed by atoms with Gasteiger partial charge < -0.3 is 5.11 Å². The second kappa shape index (κ2) is 3.15. The third-order valence-corrected chi connectivity index (χ3v) is 1.29. The molecule has 0 aliphatic rings. The van der Waals surface area contributed by atoms with Crippen LogP contribution in [0.15, 0.2) is 0 Å². The molecular formula is C6H14O3.